The Morgan fingerprint density at radius 2 is 2.17 bits per heavy atom. The summed E-state index contributed by atoms with van der Waals surface area (Å²) in [5, 5.41) is 0. The summed E-state index contributed by atoms with van der Waals surface area (Å²) < 4.78 is 0. The maximum atomic E-state index is 11.5. The van der Waals surface area contributed by atoms with Gasteiger partial charge in [-0.25, -0.2) is 0 Å². The number of hydrogen-bond donors (Lipinski definition) is 0. The van der Waals surface area contributed by atoms with Crippen molar-refractivity contribution >= 4 is 11.6 Å². The van der Waals surface area contributed by atoms with Crippen molar-refractivity contribution in [3.05, 3.63) is 0 Å². The van der Waals surface area contributed by atoms with Crippen molar-refractivity contribution in [3.8, 4) is 0 Å². The van der Waals surface area contributed by atoms with Crippen LogP contribution >= 0.6 is 0 Å². The predicted octanol–water partition coefficient (Wildman–Crippen LogP) is 0.240. The molecule has 0 N–H and O–H groups in total. The van der Waals surface area contributed by atoms with E-state index in [1.807, 2.05) is 7.05 Å². The number of hydrogen-bond acceptors (Lipinski definition) is 3. The molecule has 0 aromatic heterocycles. The highest BCUT2D eigenvalue weighted by atomic mass is 16.2. The first-order chi connectivity index (χ1) is 5.62. The van der Waals surface area contributed by atoms with Gasteiger partial charge in [0.05, 0.1) is 11.8 Å². The van der Waals surface area contributed by atoms with Gasteiger partial charge in [0, 0.05) is 13.0 Å². The topological polar surface area (TPSA) is 37.4 Å². The van der Waals surface area contributed by atoms with Crippen molar-refractivity contribution in [2.24, 2.45) is 5.41 Å². The summed E-state index contributed by atoms with van der Waals surface area (Å²) >= 11 is 0. The zero-order chi connectivity index (χ0) is 8.77. The number of ketones is 2. The molecule has 3 nitrogen and oxygen atoms in total. The molecule has 12 heavy (non-hydrogen) atoms. The highest BCUT2D eigenvalue weighted by Crippen LogP contribution is 2.40. The molecule has 0 bridgehead atoms. The molecule has 1 aliphatic heterocycles. The van der Waals surface area contributed by atoms with Crippen LogP contribution < -0.4 is 0 Å². The molecule has 1 spiro atoms. The van der Waals surface area contributed by atoms with Crippen molar-refractivity contribution in [1.29, 1.82) is 0 Å². The zero-order valence-corrected chi connectivity index (χ0v) is 7.30. The van der Waals surface area contributed by atoms with Gasteiger partial charge in [-0.05, 0) is 20.0 Å². The van der Waals surface area contributed by atoms with Gasteiger partial charge in [0.1, 0.15) is 11.6 Å². The third-order valence-corrected chi connectivity index (χ3v) is 3.03. The van der Waals surface area contributed by atoms with Gasteiger partial charge in [-0.1, -0.05) is 0 Å². The van der Waals surface area contributed by atoms with Gasteiger partial charge in [-0.2, -0.15) is 0 Å². The number of nitrogens with zero attached hydrogens (tertiary/aromatic N) is 1. The van der Waals surface area contributed by atoms with E-state index in [-0.39, 0.29) is 23.4 Å². The molecular formula is C9H13NO2. The lowest BCUT2D eigenvalue weighted by atomic mass is 9.84. The van der Waals surface area contributed by atoms with E-state index in [0.29, 0.717) is 6.42 Å². The van der Waals surface area contributed by atoms with E-state index in [9.17, 15) is 9.59 Å². The minimum absolute atomic E-state index is 0.135. The van der Waals surface area contributed by atoms with Gasteiger partial charge in [0.2, 0.25) is 0 Å². The summed E-state index contributed by atoms with van der Waals surface area (Å²) in [6.07, 6.45) is 1.57. The molecule has 2 fully saturated rings. The molecule has 0 aromatic rings. The Labute approximate surface area is 71.7 Å². The summed E-state index contributed by atoms with van der Waals surface area (Å²) in [4.78, 5) is 24.7. The predicted molar refractivity (Wildman–Crippen MR) is 43.8 cm³/mol. The second-order valence-corrected chi connectivity index (χ2v) is 4.08. The lowest BCUT2D eigenvalue weighted by molar-refractivity contribution is -0.125. The largest absolute Gasteiger partial charge is 0.305 e. The summed E-state index contributed by atoms with van der Waals surface area (Å²) in [6.45, 7) is 1.75. The van der Waals surface area contributed by atoms with E-state index in [4.69, 9.17) is 0 Å². The lowest BCUT2D eigenvalue weighted by Crippen LogP contribution is -2.29. The average Bonchev–Trinajstić information content (AvgIpc) is 2.43. The number of Topliss-reactive ketones (excluding diaryl/α,β-unsaturated/α-hetero) is 2. The highest BCUT2D eigenvalue weighted by molar-refractivity contribution is 6.09. The molecule has 1 saturated heterocycles. The lowest BCUT2D eigenvalue weighted by Gasteiger charge is -2.18. The van der Waals surface area contributed by atoms with Crippen LogP contribution in [0.15, 0.2) is 0 Å². The minimum Gasteiger partial charge on any atom is -0.305 e. The van der Waals surface area contributed by atoms with Crippen molar-refractivity contribution in [2.45, 2.75) is 19.3 Å². The number of likely N-dealkylation sites (tertiary alicyclic amines) is 1. The average molecular weight is 167 g/mol. The molecular weight excluding hydrogens is 154 g/mol. The normalized spacial score (nSPS) is 37.1. The van der Waals surface area contributed by atoms with E-state index < -0.39 is 0 Å². The monoisotopic (exact) mass is 167 g/mol. The van der Waals surface area contributed by atoms with Gasteiger partial charge in [-0.3, -0.25) is 9.59 Å². The highest BCUT2D eigenvalue weighted by Gasteiger charge is 2.49. The molecule has 0 aromatic carbocycles. The van der Waals surface area contributed by atoms with Gasteiger partial charge < -0.3 is 4.90 Å². The molecule has 3 heteroatoms. The molecule has 1 unspecified atom stereocenters. The van der Waals surface area contributed by atoms with Gasteiger partial charge >= 0.3 is 0 Å². The van der Waals surface area contributed by atoms with Crippen LogP contribution in [0, 0.1) is 5.41 Å². The van der Waals surface area contributed by atoms with Crippen molar-refractivity contribution in [1.82, 2.24) is 4.90 Å². The smallest absolute Gasteiger partial charge is 0.148 e. The Morgan fingerprint density at radius 3 is 2.58 bits per heavy atom. The van der Waals surface area contributed by atoms with Crippen LogP contribution in [0.2, 0.25) is 0 Å². The summed E-state index contributed by atoms with van der Waals surface area (Å²) in [6, 6.07) is 0. The fourth-order valence-corrected chi connectivity index (χ4v) is 2.36. The molecule has 1 atom stereocenters. The van der Waals surface area contributed by atoms with Crippen molar-refractivity contribution < 1.29 is 9.59 Å². The molecule has 1 saturated carbocycles. The van der Waals surface area contributed by atoms with E-state index in [0.717, 1.165) is 19.5 Å². The Hall–Kier alpha value is -0.700. The summed E-state index contributed by atoms with van der Waals surface area (Å²) in [5.41, 5.74) is -0.272. The number of rotatable bonds is 0. The fourth-order valence-electron chi connectivity index (χ4n) is 2.36. The molecule has 2 aliphatic rings. The van der Waals surface area contributed by atoms with E-state index in [2.05, 4.69) is 4.90 Å². The molecule has 66 valence electrons. The quantitative estimate of drug-likeness (QED) is 0.485. The van der Waals surface area contributed by atoms with Crippen molar-refractivity contribution in [3.63, 3.8) is 0 Å². The Bertz CT molecular complexity index is 249. The van der Waals surface area contributed by atoms with Crippen molar-refractivity contribution in [2.75, 3.05) is 20.1 Å². The Kier molecular flexibility index (Phi) is 1.58. The first kappa shape index (κ1) is 7.92. The first-order valence-electron chi connectivity index (χ1n) is 4.36. The SMILES string of the molecule is CN1CCC2(CC(=O)CC2=O)C1. The van der Waals surface area contributed by atoms with Gasteiger partial charge in [0.15, 0.2) is 0 Å². The zero-order valence-electron chi connectivity index (χ0n) is 7.30. The second-order valence-electron chi connectivity index (χ2n) is 4.08. The van der Waals surface area contributed by atoms with Crippen LogP contribution in [0.4, 0.5) is 0 Å². The Balaban J connectivity index is 2.22. The first-order valence-corrected chi connectivity index (χ1v) is 4.36. The third-order valence-electron chi connectivity index (χ3n) is 3.03. The van der Waals surface area contributed by atoms with Gasteiger partial charge in [0.25, 0.3) is 0 Å². The van der Waals surface area contributed by atoms with Crippen LogP contribution in [-0.4, -0.2) is 36.6 Å². The standard InChI is InChI=1S/C9H13NO2/c1-10-3-2-9(6-10)5-7(11)4-8(9)12/h2-6H2,1H3. The molecule has 0 radical (unpaired) electrons. The summed E-state index contributed by atoms with van der Waals surface area (Å²) in [7, 11) is 2.00. The minimum atomic E-state index is -0.272. The van der Waals surface area contributed by atoms with Crippen LogP contribution in [-0.2, 0) is 9.59 Å². The fraction of sp³-hybridized carbons (Fsp3) is 0.778. The van der Waals surface area contributed by atoms with Crippen LogP contribution in [0.1, 0.15) is 19.3 Å². The van der Waals surface area contributed by atoms with E-state index in [1.54, 1.807) is 0 Å². The maximum absolute atomic E-state index is 11.5. The van der Waals surface area contributed by atoms with E-state index >= 15 is 0 Å². The van der Waals surface area contributed by atoms with Crippen LogP contribution in [0.25, 0.3) is 0 Å². The molecule has 0 amide bonds. The Morgan fingerprint density at radius 1 is 1.42 bits per heavy atom. The second kappa shape index (κ2) is 2.39. The molecule has 1 heterocycles. The summed E-state index contributed by atoms with van der Waals surface area (Å²) in [5.74, 6) is 0.312. The molecule has 2 rings (SSSR count). The van der Waals surface area contributed by atoms with Gasteiger partial charge in [-0.15, -0.1) is 0 Å². The third kappa shape index (κ3) is 1.00. The maximum Gasteiger partial charge on any atom is 0.148 e. The molecule has 1 aliphatic carbocycles. The van der Waals surface area contributed by atoms with E-state index in [1.165, 1.54) is 0 Å². The van der Waals surface area contributed by atoms with Crippen LogP contribution in [0.3, 0.4) is 0 Å². The number of carbonyl (C=O) groups is 2. The number of carbonyl (C=O) groups excluding carboxylic acids is 2. The van der Waals surface area contributed by atoms with Crippen LogP contribution in [0.5, 0.6) is 0 Å².